The number of thiazole rings is 1. The minimum Gasteiger partial charge on any atom is -0.465 e. The Balaban J connectivity index is 1.90. The van der Waals surface area contributed by atoms with E-state index >= 15 is 0 Å². The van der Waals surface area contributed by atoms with Crippen LogP contribution in [0.4, 0.5) is 5.13 Å². The first-order valence-corrected chi connectivity index (χ1v) is 8.53. The number of nitrogens with zero attached hydrogens (tertiary/aromatic N) is 2. The third-order valence-corrected chi connectivity index (χ3v) is 5.62. The van der Waals surface area contributed by atoms with E-state index in [1.54, 1.807) is 4.90 Å². The fourth-order valence-electron chi connectivity index (χ4n) is 2.38. The van der Waals surface area contributed by atoms with Crippen LogP contribution in [0.1, 0.15) is 40.5 Å². The van der Waals surface area contributed by atoms with Gasteiger partial charge >= 0.3 is 5.97 Å². The van der Waals surface area contributed by atoms with Gasteiger partial charge in [-0.05, 0) is 18.8 Å². The number of carbonyl (C=O) groups excluding carboxylic acids is 2. The van der Waals surface area contributed by atoms with Gasteiger partial charge in [0.2, 0.25) is 5.91 Å². The molecule has 0 bridgehead atoms. The average molecular weight is 359 g/mol. The predicted molar refractivity (Wildman–Crippen MR) is 79.7 cm³/mol. The van der Waals surface area contributed by atoms with Crippen LogP contribution in [0.2, 0.25) is 0 Å². The third kappa shape index (κ3) is 2.48. The van der Waals surface area contributed by atoms with Gasteiger partial charge in [-0.2, -0.15) is 0 Å². The Morgan fingerprint density at radius 3 is 2.85 bits per heavy atom. The number of hydrogen-bond donors (Lipinski definition) is 0. The number of halogens is 1. The fraction of sp³-hybridized carbons (Fsp3) is 0.615. The Kier molecular flexibility index (Phi) is 3.81. The molecule has 2 heterocycles. The Morgan fingerprint density at radius 2 is 2.30 bits per heavy atom. The van der Waals surface area contributed by atoms with E-state index in [9.17, 15) is 9.59 Å². The van der Waals surface area contributed by atoms with Gasteiger partial charge in [0.25, 0.3) is 0 Å². The van der Waals surface area contributed by atoms with Crippen LogP contribution < -0.4 is 4.90 Å². The molecule has 0 spiro atoms. The molecule has 2 fully saturated rings. The number of anilines is 1. The van der Waals surface area contributed by atoms with Crippen LogP contribution in [0.5, 0.6) is 0 Å². The summed E-state index contributed by atoms with van der Waals surface area (Å²) in [6, 6.07) is 0. The molecule has 1 aromatic rings. The Bertz CT molecular complexity index is 556. The first-order valence-electron chi connectivity index (χ1n) is 6.59. The van der Waals surface area contributed by atoms with Crippen molar-refractivity contribution in [3.05, 3.63) is 10.6 Å². The molecule has 0 N–H and O–H groups in total. The second kappa shape index (κ2) is 5.44. The van der Waals surface area contributed by atoms with E-state index in [1.807, 2.05) is 0 Å². The van der Waals surface area contributed by atoms with Gasteiger partial charge in [0, 0.05) is 24.2 Å². The van der Waals surface area contributed by atoms with E-state index in [1.165, 1.54) is 18.4 Å². The minimum absolute atomic E-state index is 0.0852. The third-order valence-electron chi connectivity index (χ3n) is 3.63. The van der Waals surface area contributed by atoms with Gasteiger partial charge in [-0.25, -0.2) is 9.78 Å². The number of ether oxygens (including phenoxy) is 1. The number of hydrogen-bond acceptors (Lipinski definition) is 5. The van der Waals surface area contributed by atoms with Crippen LogP contribution in [0.25, 0.3) is 0 Å². The molecule has 1 aromatic heterocycles. The molecule has 1 aliphatic carbocycles. The lowest BCUT2D eigenvalue weighted by Gasteiger charge is -2.11. The molecule has 108 valence electrons. The van der Waals surface area contributed by atoms with Crippen molar-refractivity contribution in [1.82, 2.24) is 4.98 Å². The van der Waals surface area contributed by atoms with E-state index in [4.69, 9.17) is 4.74 Å². The van der Waals surface area contributed by atoms with E-state index in [2.05, 4.69) is 20.9 Å². The maximum absolute atomic E-state index is 12.0. The molecule has 5 nitrogen and oxygen atoms in total. The van der Waals surface area contributed by atoms with E-state index in [0.29, 0.717) is 34.8 Å². The molecule has 1 atom stereocenters. The highest BCUT2D eigenvalue weighted by molar-refractivity contribution is 9.09. The summed E-state index contributed by atoms with van der Waals surface area (Å²) in [5.74, 6) is 0.414. The first kappa shape index (κ1) is 14.0. The summed E-state index contributed by atoms with van der Waals surface area (Å²) in [5, 5.41) is 1.45. The summed E-state index contributed by atoms with van der Waals surface area (Å²) in [6.07, 6.45) is 2.66. The number of carbonyl (C=O) groups is 2. The minimum atomic E-state index is -0.348. The van der Waals surface area contributed by atoms with Crippen molar-refractivity contribution >= 4 is 44.3 Å². The highest BCUT2D eigenvalue weighted by atomic mass is 79.9. The van der Waals surface area contributed by atoms with Crippen molar-refractivity contribution in [2.45, 2.75) is 25.2 Å². The van der Waals surface area contributed by atoms with Gasteiger partial charge in [-0.3, -0.25) is 9.69 Å². The quantitative estimate of drug-likeness (QED) is 0.612. The van der Waals surface area contributed by atoms with Crippen molar-refractivity contribution in [3.8, 4) is 0 Å². The van der Waals surface area contributed by atoms with Crippen LogP contribution in [-0.4, -0.2) is 35.8 Å². The molecule has 3 rings (SSSR count). The Hall–Kier alpha value is -0.950. The lowest BCUT2D eigenvalue weighted by Crippen LogP contribution is -2.24. The van der Waals surface area contributed by atoms with E-state index < -0.39 is 0 Å². The Morgan fingerprint density at radius 1 is 1.55 bits per heavy atom. The van der Waals surface area contributed by atoms with Crippen molar-refractivity contribution in [3.63, 3.8) is 0 Å². The standard InChI is InChI=1S/C13H15BrN2O3S/c1-19-12(18)11-10(8-2-3-8)15-13(20-11)16-6-7(5-14)4-9(16)17/h7-8H,2-6H2,1H3. The zero-order chi connectivity index (χ0) is 14.3. The van der Waals surface area contributed by atoms with Crippen molar-refractivity contribution in [1.29, 1.82) is 0 Å². The SMILES string of the molecule is COC(=O)c1sc(N2CC(CBr)CC2=O)nc1C1CC1. The summed E-state index contributed by atoms with van der Waals surface area (Å²) in [5.41, 5.74) is 0.812. The van der Waals surface area contributed by atoms with E-state index in [0.717, 1.165) is 23.9 Å². The molecule has 1 unspecified atom stereocenters. The number of rotatable bonds is 4. The zero-order valence-electron chi connectivity index (χ0n) is 11.1. The highest BCUT2D eigenvalue weighted by Crippen LogP contribution is 2.45. The number of alkyl halides is 1. The lowest BCUT2D eigenvalue weighted by molar-refractivity contribution is -0.117. The van der Waals surface area contributed by atoms with Crippen LogP contribution in [0.3, 0.4) is 0 Å². The molecular weight excluding hydrogens is 344 g/mol. The monoisotopic (exact) mass is 358 g/mol. The molecular formula is C13H15BrN2O3S. The molecule has 1 aliphatic heterocycles. The molecule has 1 saturated heterocycles. The van der Waals surface area contributed by atoms with Crippen molar-refractivity contribution in [2.24, 2.45) is 5.92 Å². The van der Waals surface area contributed by atoms with Gasteiger partial charge in [-0.1, -0.05) is 27.3 Å². The van der Waals surface area contributed by atoms with Crippen molar-refractivity contribution < 1.29 is 14.3 Å². The molecule has 1 saturated carbocycles. The molecule has 0 aromatic carbocycles. The number of methoxy groups -OCH3 is 1. The largest absolute Gasteiger partial charge is 0.465 e. The molecule has 0 radical (unpaired) electrons. The Labute approximate surface area is 129 Å². The van der Waals surface area contributed by atoms with E-state index in [-0.39, 0.29) is 11.9 Å². The normalized spacial score (nSPS) is 22.4. The van der Waals surface area contributed by atoms with Crippen molar-refractivity contribution in [2.75, 3.05) is 23.9 Å². The summed E-state index contributed by atoms with van der Waals surface area (Å²) >= 11 is 4.70. The fourth-order valence-corrected chi connectivity index (χ4v) is 3.91. The second-order valence-corrected chi connectivity index (χ2v) is 6.83. The molecule has 1 amide bonds. The van der Waals surface area contributed by atoms with Gasteiger partial charge < -0.3 is 4.74 Å². The number of aromatic nitrogens is 1. The zero-order valence-corrected chi connectivity index (χ0v) is 13.5. The summed E-state index contributed by atoms with van der Waals surface area (Å²) in [6.45, 7) is 0.669. The number of amides is 1. The maximum atomic E-state index is 12.0. The van der Waals surface area contributed by atoms with Gasteiger partial charge in [0.15, 0.2) is 5.13 Å². The molecule has 20 heavy (non-hydrogen) atoms. The lowest BCUT2D eigenvalue weighted by atomic mass is 10.2. The van der Waals surface area contributed by atoms with Gasteiger partial charge in [0.05, 0.1) is 12.8 Å². The van der Waals surface area contributed by atoms with Gasteiger partial charge in [0.1, 0.15) is 4.88 Å². The number of esters is 1. The van der Waals surface area contributed by atoms with Crippen LogP contribution in [0.15, 0.2) is 0 Å². The predicted octanol–water partition coefficient (Wildman–Crippen LogP) is 2.55. The van der Waals surface area contributed by atoms with Gasteiger partial charge in [-0.15, -0.1) is 0 Å². The smallest absolute Gasteiger partial charge is 0.350 e. The molecule has 7 heteroatoms. The molecule has 2 aliphatic rings. The topological polar surface area (TPSA) is 59.5 Å². The average Bonchev–Trinajstić information content (AvgIpc) is 3.09. The summed E-state index contributed by atoms with van der Waals surface area (Å²) in [7, 11) is 1.38. The van der Waals surface area contributed by atoms with Crippen LogP contribution in [-0.2, 0) is 9.53 Å². The van der Waals surface area contributed by atoms with Crippen LogP contribution in [0, 0.1) is 5.92 Å². The second-order valence-electron chi connectivity index (χ2n) is 5.21. The summed E-state index contributed by atoms with van der Waals surface area (Å²) in [4.78, 5) is 30.7. The summed E-state index contributed by atoms with van der Waals surface area (Å²) < 4.78 is 4.82. The first-order chi connectivity index (χ1) is 9.63. The highest BCUT2D eigenvalue weighted by Gasteiger charge is 2.37. The van der Waals surface area contributed by atoms with Crippen LogP contribution >= 0.6 is 27.3 Å². The maximum Gasteiger partial charge on any atom is 0.350 e.